The number of hydrogen-bond acceptors (Lipinski definition) is 5. The molecule has 4 aromatic rings. The number of methoxy groups -OCH3 is 1. The van der Waals surface area contributed by atoms with Gasteiger partial charge in [0.2, 0.25) is 0 Å². The van der Waals surface area contributed by atoms with Gasteiger partial charge in [0, 0.05) is 18.3 Å². The molecule has 5 rings (SSSR count). The van der Waals surface area contributed by atoms with Gasteiger partial charge < -0.3 is 14.4 Å². The summed E-state index contributed by atoms with van der Waals surface area (Å²) in [6.45, 7) is 4.40. The van der Waals surface area contributed by atoms with Crippen LogP contribution in [-0.4, -0.2) is 43.1 Å². The van der Waals surface area contributed by atoms with Crippen LogP contribution in [0, 0.1) is 19.7 Å². The summed E-state index contributed by atoms with van der Waals surface area (Å²) in [7, 11) is 1.63. The zero-order valence-corrected chi connectivity index (χ0v) is 18.9. The Balaban J connectivity index is 1.60. The van der Waals surface area contributed by atoms with Crippen molar-refractivity contribution < 1.29 is 14.2 Å². The average molecular weight is 448 g/mol. The molecule has 0 amide bonds. The Hall–Kier alpha value is -3.52. The average Bonchev–Trinajstić information content (AvgIpc) is 3.45. The summed E-state index contributed by atoms with van der Waals surface area (Å²) in [4.78, 5) is 9.18. The molecule has 0 bridgehead atoms. The number of hydrogen-bond donors (Lipinski definition) is 1. The van der Waals surface area contributed by atoms with E-state index in [9.17, 15) is 9.50 Å². The first-order chi connectivity index (χ1) is 15.9. The Labute approximate surface area is 191 Å². The molecule has 1 N–H and O–H groups in total. The maximum Gasteiger partial charge on any atom is 0.181 e. The fourth-order valence-corrected chi connectivity index (χ4v) is 4.85. The predicted molar refractivity (Wildman–Crippen MR) is 122 cm³/mol. The molecule has 170 valence electrons. The molecular formula is C25H26FN5O2. The van der Waals surface area contributed by atoms with E-state index in [1.807, 2.05) is 47.5 Å². The standard InChI is InChI=1S/C25H26FN5O2/c1-16-11-19(26)6-7-20(16)25(14-32)9-4-10-31-24(25)28-23(29-31)18-5-8-21(22(12-18)33-3)30-13-17(2)27-15-30/h5-8,11-13,15,32H,4,9-10,14H2,1-3H3. The number of fused-ring (bicyclic) bond motifs is 1. The molecule has 0 saturated heterocycles. The quantitative estimate of drug-likeness (QED) is 0.501. The highest BCUT2D eigenvalue weighted by Crippen LogP contribution is 2.41. The van der Waals surface area contributed by atoms with Crippen LogP contribution in [0.25, 0.3) is 17.1 Å². The molecular weight excluding hydrogens is 421 g/mol. The molecule has 0 fully saturated rings. The van der Waals surface area contributed by atoms with Gasteiger partial charge in [-0.2, -0.15) is 5.10 Å². The maximum absolute atomic E-state index is 13.8. The molecule has 3 heterocycles. The fraction of sp³-hybridized carbons (Fsp3) is 0.320. The Morgan fingerprint density at radius 1 is 1.18 bits per heavy atom. The number of rotatable bonds is 5. The Bertz CT molecular complexity index is 1330. The molecule has 2 aromatic heterocycles. The van der Waals surface area contributed by atoms with Gasteiger partial charge >= 0.3 is 0 Å². The van der Waals surface area contributed by atoms with Gasteiger partial charge in [0.1, 0.15) is 17.4 Å². The lowest BCUT2D eigenvalue weighted by Crippen LogP contribution is -2.39. The first-order valence-corrected chi connectivity index (χ1v) is 11.0. The van der Waals surface area contributed by atoms with Gasteiger partial charge in [-0.15, -0.1) is 0 Å². The fourth-order valence-electron chi connectivity index (χ4n) is 4.85. The highest BCUT2D eigenvalue weighted by atomic mass is 19.1. The third-order valence-corrected chi connectivity index (χ3v) is 6.47. The van der Waals surface area contributed by atoms with Crippen molar-refractivity contribution in [3.8, 4) is 22.8 Å². The Morgan fingerprint density at radius 3 is 2.73 bits per heavy atom. The van der Waals surface area contributed by atoms with E-state index >= 15 is 0 Å². The Morgan fingerprint density at radius 2 is 2.03 bits per heavy atom. The van der Waals surface area contributed by atoms with Crippen LogP contribution in [0.5, 0.6) is 5.75 Å². The normalized spacial score (nSPS) is 17.7. The number of aliphatic hydroxyl groups is 1. The minimum absolute atomic E-state index is 0.125. The number of nitrogens with zero attached hydrogens (tertiary/aromatic N) is 5. The molecule has 1 unspecified atom stereocenters. The highest BCUT2D eigenvalue weighted by Gasteiger charge is 2.42. The molecule has 7 nitrogen and oxygen atoms in total. The predicted octanol–water partition coefficient (Wildman–Crippen LogP) is 3.97. The number of imidazole rings is 1. The van der Waals surface area contributed by atoms with Gasteiger partial charge in [0.05, 0.1) is 36.8 Å². The van der Waals surface area contributed by atoms with Crippen LogP contribution in [-0.2, 0) is 12.0 Å². The van der Waals surface area contributed by atoms with Gasteiger partial charge in [-0.1, -0.05) is 6.07 Å². The van der Waals surface area contributed by atoms with Gasteiger partial charge in [0.25, 0.3) is 0 Å². The van der Waals surface area contributed by atoms with Gasteiger partial charge in [-0.25, -0.2) is 19.0 Å². The topological polar surface area (TPSA) is 78.0 Å². The number of ether oxygens (including phenoxy) is 1. The molecule has 1 aliphatic rings. The second-order valence-corrected chi connectivity index (χ2v) is 8.59. The molecule has 8 heteroatoms. The van der Waals surface area contributed by atoms with E-state index in [-0.39, 0.29) is 12.4 Å². The maximum atomic E-state index is 13.8. The highest BCUT2D eigenvalue weighted by molar-refractivity contribution is 5.63. The van der Waals surface area contributed by atoms with Crippen LogP contribution in [0.2, 0.25) is 0 Å². The number of benzene rings is 2. The third-order valence-electron chi connectivity index (χ3n) is 6.47. The van der Waals surface area contributed by atoms with Crippen molar-refractivity contribution >= 4 is 0 Å². The van der Waals surface area contributed by atoms with Crippen LogP contribution in [0.4, 0.5) is 4.39 Å². The largest absolute Gasteiger partial charge is 0.495 e. The molecule has 0 saturated carbocycles. The smallest absolute Gasteiger partial charge is 0.181 e. The van der Waals surface area contributed by atoms with Gasteiger partial charge in [-0.05, 0) is 68.1 Å². The van der Waals surface area contributed by atoms with E-state index in [2.05, 4.69) is 4.98 Å². The van der Waals surface area contributed by atoms with Gasteiger partial charge in [0.15, 0.2) is 5.82 Å². The van der Waals surface area contributed by atoms with Crippen LogP contribution in [0.3, 0.4) is 0 Å². The molecule has 1 atom stereocenters. The lowest BCUT2D eigenvalue weighted by atomic mass is 9.73. The van der Waals surface area contributed by atoms with Crippen molar-refractivity contribution in [2.45, 2.75) is 38.6 Å². The number of halogens is 1. The summed E-state index contributed by atoms with van der Waals surface area (Å²) >= 11 is 0. The lowest BCUT2D eigenvalue weighted by Gasteiger charge is -2.36. The second-order valence-electron chi connectivity index (χ2n) is 8.59. The van der Waals surface area contributed by atoms with Gasteiger partial charge in [-0.3, -0.25) is 0 Å². The first kappa shape index (κ1) is 21.3. The number of aliphatic hydroxyl groups excluding tert-OH is 1. The first-order valence-electron chi connectivity index (χ1n) is 11.0. The zero-order valence-electron chi connectivity index (χ0n) is 18.9. The summed E-state index contributed by atoms with van der Waals surface area (Å²) in [5.74, 6) is 1.66. The van der Waals surface area contributed by atoms with E-state index in [0.717, 1.165) is 40.9 Å². The summed E-state index contributed by atoms with van der Waals surface area (Å²) < 4.78 is 23.2. The molecule has 1 aliphatic heterocycles. The summed E-state index contributed by atoms with van der Waals surface area (Å²) in [6, 6.07) is 10.5. The third kappa shape index (κ3) is 3.51. The van der Waals surface area contributed by atoms with E-state index in [1.54, 1.807) is 19.5 Å². The van der Waals surface area contributed by atoms with Crippen LogP contribution in [0.1, 0.15) is 35.5 Å². The molecule has 0 aliphatic carbocycles. The molecule has 33 heavy (non-hydrogen) atoms. The minimum atomic E-state index is -0.723. The molecule has 0 spiro atoms. The van der Waals surface area contributed by atoms with Crippen molar-refractivity contribution in [1.82, 2.24) is 24.3 Å². The molecule has 0 radical (unpaired) electrons. The lowest BCUT2D eigenvalue weighted by molar-refractivity contribution is 0.180. The van der Waals surface area contributed by atoms with Crippen molar-refractivity contribution in [3.63, 3.8) is 0 Å². The van der Waals surface area contributed by atoms with Crippen molar-refractivity contribution in [1.29, 1.82) is 0 Å². The van der Waals surface area contributed by atoms with Crippen molar-refractivity contribution in [2.75, 3.05) is 13.7 Å². The summed E-state index contributed by atoms with van der Waals surface area (Å²) in [5.41, 5.74) is 3.56. The summed E-state index contributed by atoms with van der Waals surface area (Å²) in [6.07, 6.45) is 5.25. The SMILES string of the molecule is COc1cc(-c2nc3n(n2)CCCC3(CO)c2ccc(F)cc2C)ccc1-n1cnc(C)c1. The summed E-state index contributed by atoms with van der Waals surface area (Å²) in [5, 5.41) is 15.3. The van der Waals surface area contributed by atoms with E-state index in [0.29, 0.717) is 23.9 Å². The van der Waals surface area contributed by atoms with E-state index < -0.39 is 5.41 Å². The van der Waals surface area contributed by atoms with Crippen molar-refractivity contribution in [2.24, 2.45) is 0 Å². The van der Waals surface area contributed by atoms with E-state index in [1.165, 1.54) is 12.1 Å². The van der Waals surface area contributed by atoms with Crippen LogP contribution in [0.15, 0.2) is 48.9 Å². The van der Waals surface area contributed by atoms with Crippen LogP contribution >= 0.6 is 0 Å². The number of aryl methyl sites for hydroxylation is 3. The zero-order chi connectivity index (χ0) is 23.2. The molecule has 2 aromatic carbocycles. The minimum Gasteiger partial charge on any atom is -0.495 e. The monoisotopic (exact) mass is 447 g/mol. The Kier molecular flexibility index (Phi) is 5.25. The second kappa shape index (κ2) is 8.12. The van der Waals surface area contributed by atoms with E-state index in [4.69, 9.17) is 14.8 Å². The van der Waals surface area contributed by atoms with Crippen LogP contribution < -0.4 is 4.74 Å². The van der Waals surface area contributed by atoms with Crippen molar-refractivity contribution in [3.05, 3.63) is 77.4 Å². The number of aromatic nitrogens is 5.